The summed E-state index contributed by atoms with van der Waals surface area (Å²) in [4.78, 5) is 28.2. The fourth-order valence-corrected chi connectivity index (χ4v) is 4.65. The standard InChI is InChI=1S/C27H22ClNO7/c1-33-20-14-18(28)21(34-2)13-17(20)25(30)23-24(15-6-4-3-5-7-15)29(27(32)26(23)31)16-8-9-19-22(12-16)36-11-10-35-19/h3-9,12-14,24,30H,10-11H2,1-2H3/b25-23+. The van der Waals surface area contributed by atoms with E-state index in [0.717, 1.165) is 0 Å². The molecule has 3 aromatic rings. The van der Waals surface area contributed by atoms with Gasteiger partial charge < -0.3 is 24.1 Å². The molecule has 1 N–H and O–H groups in total. The average Bonchev–Trinajstić information content (AvgIpc) is 3.18. The second kappa shape index (κ2) is 9.47. The van der Waals surface area contributed by atoms with Gasteiger partial charge in [0.15, 0.2) is 11.5 Å². The van der Waals surface area contributed by atoms with Gasteiger partial charge in [0.1, 0.15) is 30.5 Å². The Labute approximate surface area is 212 Å². The molecular weight excluding hydrogens is 486 g/mol. The number of aliphatic hydroxyl groups excluding tert-OH is 1. The number of hydrogen-bond acceptors (Lipinski definition) is 7. The minimum atomic E-state index is -0.917. The minimum absolute atomic E-state index is 0.0937. The first-order valence-corrected chi connectivity index (χ1v) is 11.5. The first-order valence-electron chi connectivity index (χ1n) is 11.1. The molecule has 8 nitrogen and oxygen atoms in total. The van der Waals surface area contributed by atoms with E-state index in [1.807, 2.05) is 6.07 Å². The van der Waals surface area contributed by atoms with Gasteiger partial charge in [-0.15, -0.1) is 0 Å². The number of fused-ring (bicyclic) bond motifs is 1. The van der Waals surface area contributed by atoms with Crippen LogP contribution in [-0.4, -0.2) is 44.2 Å². The van der Waals surface area contributed by atoms with Crippen molar-refractivity contribution in [2.45, 2.75) is 6.04 Å². The maximum atomic E-state index is 13.4. The summed E-state index contributed by atoms with van der Waals surface area (Å²) >= 11 is 6.23. The number of ether oxygens (including phenoxy) is 4. The zero-order chi connectivity index (χ0) is 25.4. The van der Waals surface area contributed by atoms with Crippen molar-refractivity contribution < 1.29 is 33.6 Å². The molecule has 1 saturated heterocycles. The van der Waals surface area contributed by atoms with Crippen molar-refractivity contribution in [3.8, 4) is 23.0 Å². The van der Waals surface area contributed by atoms with E-state index in [4.69, 9.17) is 30.5 Å². The fraction of sp³-hybridized carbons (Fsp3) is 0.185. The normalized spacial score (nSPS) is 18.3. The third kappa shape index (κ3) is 3.89. The van der Waals surface area contributed by atoms with Gasteiger partial charge in [-0.2, -0.15) is 0 Å². The number of carbonyl (C=O) groups is 2. The monoisotopic (exact) mass is 507 g/mol. The second-order valence-electron chi connectivity index (χ2n) is 8.09. The van der Waals surface area contributed by atoms with Crippen LogP contribution < -0.4 is 23.8 Å². The zero-order valence-corrected chi connectivity index (χ0v) is 20.2. The second-order valence-corrected chi connectivity index (χ2v) is 8.50. The van der Waals surface area contributed by atoms with Crippen molar-refractivity contribution in [3.05, 3.63) is 82.4 Å². The summed E-state index contributed by atoms with van der Waals surface area (Å²) in [5, 5.41) is 11.7. The third-order valence-electron chi connectivity index (χ3n) is 6.09. The minimum Gasteiger partial charge on any atom is -0.507 e. The van der Waals surface area contributed by atoms with Gasteiger partial charge in [-0.05, 0) is 23.8 Å². The Morgan fingerprint density at radius 1 is 0.944 bits per heavy atom. The lowest BCUT2D eigenvalue weighted by atomic mass is 9.94. The van der Waals surface area contributed by atoms with Crippen LogP contribution in [0.15, 0.2) is 66.2 Å². The Bertz CT molecular complexity index is 1390. The number of hydrogen-bond donors (Lipinski definition) is 1. The molecule has 0 bridgehead atoms. The largest absolute Gasteiger partial charge is 0.507 e. The highest BCUT2D eigenvalue weighted by Gasteiger charge is 2.47. The molecule has 0 aliphatic carbocycles. The van der Waals surface area contributed by atoms with Crippen LogP contribution in [0.5, 0.6) is 23.0 Å². The lowest BCUT2D eigenvalue weighted by molar-refractivity contribution is -0.132. The SMILES string of the molecule is COc1cc(/C(O)=C2\C(=O)C(=O)N(c3ccc4c(c3)OCCO4)C2c2ccccc2)c(OC)cc1Cl. The van der Waals surface area contributed by atoms with E-state index < -0.39 is 23.5 Å². The molecule has 9 heteroatoms. The van der Waals surface area contributed by atoms with E-state index >= 15 is 0 Å². The lowest BCUT2D eigenvalue weighted by Gasteiger charge is -2.27. The molecule has 2 heterocycles. The van der Waals surface area contributed by atoms with Gasteiger partial charge in [0, 0.05) is 17.8 Å². The molecule has 2 aliphatic rings. The highest BCUT2D eigenvalue weighted by molar-refractivity contribution is 6.51. The van der Waals surface area contributed by atoms with Crippen LogP contribution in [0.4, 0.5) is 5.69 Å². The smallest absolute Gasteiger partial charge is 0.300 e. The van der Waals surface area contributed by atoms with Crippen molar-refractivity contribution in [1.29, 1.82) is 0 Å². The molecule has 3 aromatic carbocycles. The molecule has 1 atom stereocenters. The molecular formula is C27H22ClNO7. The van der Waals surface area contributed by atoms with Crippen molar-refractivity contribution >= 4 is 34.7 Å². The summed E-state index contributed by atoms with van der Waals surface area (Å²) < 4.78 is 22.0. The predicted molar refractivity (Wildman–Crippen MR) is 133 cm³/mol. The van der Waals surface area contributed by atoms with Gasteiger partial charge in [0.25, 0.3) is 11.7 Å². The van der Waals surface area contributed by atoms with Gasteiger partial charge >= 0.3 is 0 Å². The van der Waals surface area contributed by atoms with Crippen LogP contribution in [0.3, 0.4) is 0 Å². The number of anilines is 1. The quantitative estimate of drug-likeness (QED) is 0.302. The Morgan fingerprint density at radius 2 is 1.64 bits per heavy atom. The number of aliphatic hydroxyl groups is 1. The molecule has 0 aromatic heterocycles. The van der Waals surface area contributed by atoms with Crippen LogP contribution in [0.25, 0.3) is 5.76 Å². The van der Waals surface area contributed by atoms with E-state index in [0.29, 0.717) is 36.0 Å². The number of halogens is 1. The van der Waals surface area contributed by atoms with Gasteiger partial charge in [-0.25, -0.2) is 0 Å². The highest BCUT2D eigenvalue weighted by Crippen LogP contribution is 2.46. The number of benzene rings is 3. The Kier molecular flexibility index (Phi) is 6.20. The van der Waals surface area contributed by atoms with E-state index in [1.54, 1.807) is 42.5 Å². The third-order valence-corrected chi connectivity index (χ3v) is 6.39. The Morgan fingerprint density at radius 3 is 2.33 bits per heavy atom. The van der Waals surface area contributed by atoms with Crippen LogP contribution in [-0.2, 0) is 9.59 Å². The summed E-state index contributed by atoms with van der Waals surface area (Å²) in [7, 11) is 2.85. The zero-order valence-electron chi connectivity index (χ0n) is 19.5. The molecule has 1 fully saturated rings. The summed E-state index contributed by atoms with van der Waals surface area (Å²) in [6, 6.07) is 16.0. The number of nitrogens with zero attached hydrogens (tertiary/aromatic N) is 1. The molecule has 1 unspecified atom stereocenters. The van der Waals surface area contributed by atoms with Gasteiger partial charge in [0.05, 0.1) is 36.4 Å². The Hall–Kier alpha value is -4.17. The van der Waals surface area contributed by atoms with Crippen molar-refractivity contribution in [3.63, 3.8) is 0 Å². The van der Waals surface area contributed by atoms with E-state index in [9.17, 15) is 14.7 Å². The summed E-state index contributed by atoms with van der Waals surface area (Å²) in [5.41, 5.74) is 1.13. The Balaban J connectivity index is 1.72. The summed E-state index contributed by atoms with van der Waals surface area (Å²) in [6.07, 6.45) is 0. The number of methoxy groups -OCH3 is 2. The lowest BCUT2D eigenvalue weighted by Crippen LogP contribution is -2.29. The first-order chi connectivity index (χ1) is 17.4. The van der Waals surface area contributed by atoms with Crippen molar-refractivity contribution in [2.24, 2.45) is 0 Å². The molecule has 0 saturated carbocycles. The molecule has 5 rings (SSSR count). The molecule has 0 radical (unpaired) electrons. The highest BCUT2D eigenvalue weighted by atomic mass is 35.5. The number of Topliss-reactive ketones (excluding diaryl/α,β-unsaturated/α-hetero) is 1. The number of rotatable bonds is 5. The maximum Gasteiger partial charge on any atom is 0.300 e. The van der Waals surface area contributed by atoms with Gasteiger partial charge in [-0.1, -0.05) is 41.9 Å². The average molecular weight is 508 g/mol. The molecule has 0 spiro atoms. The van der Waals surface area contributed by atoms with E-state index in [1.165, 1.54) is 31.3 Å². The number of amides is 1. The van der Waals surface area contributed by atoms with Crippen molar-refractivity contribution in [2.75, 3.05) is 32.3 Å². The van der Waals surface area contributed by atoms with Crippen LogP contribution in [0.2, 0.25) is 5.02 Å². The van der Waals surface area contributed by atoms with Gasteiger partial charge in [0.2, 0.25) is 0 Å². The fourth-order valence-electron chi connectivity index (χ4n) is 4.42. The molecule has 184 valence electrons. The maximum absolute atomic E-state index is 13.4. The van der Waals surface area contributed by atoms with Crippen molar-refractivity contribution in [1.82, 2.24) is 0 Å². The van der Waals surface area contributed by atoms with Crippen LogP contribution in [0.1, 0.15) is 17.2 Å². The van der Waals surface area contributed by atoms with Crippen LogP contribution in [0, 0.1) is 0 Å². The molecule has 2 aliphatic heterocycles. The van der Waals surface area contributed by atoms with Gasteiger partial charge in [-0.3, -0.25) is 14.5 Å². The van der Waals surface area contributed by atoms with E-state index in [-0.39, 0.29) is 27.7 Å². The topological polar surface area (TPSA) is 94.5 Å². The number of carbonyl (C=O) groups excluding carboxylic acids is 2. The first kappa shape index (κ1) is 23.6. The summed E-state index contributed by atoms with van der Waals surface area (Å²) in [5.74, 6) is -0.525. The summed E-state index contributed by atoms with van der Waals surface area (Å²) in [6.45, 7) is 0.794. The van der Waals surface area contributed by atoms with E-state index in [2.05, 4.69) is 0 Å². The predicted octanol–water partition coefficient (Wildman–Crippen LogP) is 4.75. The number of ketones is 1. The van der Waals surface area contributed by atoms with Crippen LogP contribution >= 0.6 is 11.6 Å². The molecule has 1 amide bonds. The molecule has 36 heavy (non-hydrogen) atoms.